The number of anilines is 2. The highest BCUT2D eigenvalue weighted by Crippen LogP contribution is 2.21. The molecule has 0 spiro atoms. The molecule has 2 aromatic carbocycles. The highest BCUT2D eigenvalue weighted by atomic mass is 35.5. The minimum Gasteiger partial charge on any atom is -0.465 e. The van der Waals surface area contributed by atoms with E-state index < -0.39 is 10.9 Å². The molecule has 0 aliphatic carbocycles. The van der Waals surface area contributed by atoms with Gasteiger partial charge in [-0.1, -0.05) is 11.6 Å². The molecule has 8 nitrogen and oxygen atoms in total. The monoisotopic (exact) mass is 391 g/mol. The van der Waals surface area contributed by atoms with Gasteiger partial charge in [0.05, 0.1) is 22.6 Å². The lowest BCUT2D eigenvalue weighted by atomic mass is 10.2. The normalized spacial score (nSPS) is 10.1. The first-order valence-corrected chi connectivity index (χ1v) is 8.44. The maximum absolute atomic E-state index is 12.0. The van der Waals surface area contributed by atoms with Gasteiger partial charge in [0.25, 0.3) is 5.69 Å². The number of esters is 1. The fourth-order valence-corrected chi connectivity index (χ4v) is 2.47. The standard InChI is InChI=1S/C18H18ClN3O5/c1-27-18(24)15-11-13(6-9-16(15)19)21-17(23)3-2-10-20-12-4-7-14(8-5-12)22(25)26/h4-9,11,20H,2-3,10H2,1H3,(H,21,23). The number of non-ortho nitro benzene ring substituents is 1. The summed E-state index contributed by atoms with van der Waals surface area (Å²) in [7, 11) is 1.25. The van der Waals surface area contributed by atoms with Crippen molar-refractivity contribution >= 4 is 40.5 Å². The molecule has 2 rings (SSSR count). The number of carbonyl (C=O) groups excluding carboxylic acids is 2. The number of nitro groups is 1. The lowest BCUT2D eigenvalue weighted by Crippen LogP contribution is -2.14. The van der Waals surface area contributed by atoms with Crippen molar-refractivity contribution < 1.29 is 19.2 Å². The minimum atomic E-state index is -0.580. The summed E-state index contributed by atoms with van der Waals surface area (Å²) in [5.74, 6) is -0.790. The Balaban J connectivity index is 1.79. The molecule has 0 fully saturated rings. The van der Waals surface area contributed by atoms with E-state index in [4.69, 9.17) is 11.6 Å². The molecule has 0 saturated heterocycles. The fourth-order valence-electron chi connectivity index (χ4n) is 2.28. The summed E-state index contributed by atoms with van der Waals surface area (Å²) < 4.78 is 4.64. The van der Waals surface area contributed by atoms with Crippen LogP contribution in [0.3, 0.4) is 0 Å². The maximum atomic E-state index is 12.0. The zero-order chi connectivity index (χ0) is 19.8. The molecule has 0 heterocycles. The van der Waals surface area contributed by atoms with Gasteiger partial charge in [-0.05, 0) is 36.8 Å². The second-order valence-corrected chi connectivity index (χ2v) is 5.98. The van der Waals surface area contributed by atoms with E-state index in [9.17, 15) is 19.7 Å². The first-order valence-electron chi connectivity index (χ1n) is 8.06. The number of carbonyl (C=O) groups is 2. The zero-order valence-electron chi connectivity index (χ0n) is 14.5. The Labute approximate surface area is 160 Å². The third kappa shape index (κ3) is 5.96. The quantitative estimate of drug-likeness (QED) is 0.306. The number of rotatable bonds is 8. The van der Waals surface area contributed by atoms with Crippen LogP contribution in [-0.4, -0.2) is 30.5 Å². The SMILES string of the molecule is COC(=O)c1cc(NC(=O)CCCNc2ccc([N+](=O)[O-])cc2)ccc1Cl. The topological polar surface area (TPSA) is 111 Å². The van der Waals surface area contributed by atoms with E-state index in [1.807, 2.05) is 0 Å². The molecule has 0 aromatic heterocycles. The molecule has 0 unspecified atom stereocenters. The van der Waals surface area contributed by atoms with Crippen molar-refractivity contribution in [2.75, 3.05) is 24.3 Å². The van der Waals surface area contributed by atoms with Gasteiger partial charge >= 0.3 is 5.97 Å². The predicted octanol–water partition coefficient (Wildman–Crippen LogP) is 3.87. The van der Waals surface area contributed by atoms with Crippen molar-refractivity contribution in [2.45, 2.75) is 12.8 Å². The van der Waals surface area contributed by atoms with E-state index in [0.29, 0.717) is 18.7 Å². The van der Waals surface area contributed by atoms with Crippen LogP contribution in [0.15, 0.2) is 42.5 Å². The van der Waals surface area contributed by atoms with Gasteiger partial charge in [0, 0.05) is 36.5 Å². The first-order chi connectivity index (χ1) is 12.9. The number of amides is 1. The van der Waals surface area contributed by atoms with Crippen LogP contribution in [0.2, 0.25) is 5.02 Å². The molecular formula is C18H18ClN3O5. The number of nitrogens with one attached hydrogen (secondary N) is 2. The second-order valence-electron chi connectivity index (χ2n) is 5.57. The Hall–Kier alpha value is -3.13. The summed E-state index contributed by atoms with van der Waals surface area (Å²) in [4.78, 5) is 33.8. The van der Waals surface area contributed by atoms with E-state index in [2.05, 4.69) is 15.4 Å². The van der Waals surface area contributed by atoms with Gasteiger partial charge in [0.15, 0.2) is 0 Å². The third-order valence-electron chi connectivity index (χ3n) is 3.64. The summed E-state index contributed by atoms with van der Waals surface area (Å²) in [6, 6.07) is 10.6. The first kappa shape index (κ1) is 20.2. The van der Waals surface area contributed by atoms with Crippen molar-refractivity contribution in [1.82, 2.24) is 0 Å². The molecule has 0 aliphatic rings. The Morgan fingerprint density at radius 2 is 1.81 bits per heavy atom. The molecule has 27 heavy (non-hydrogen) atoms. The lowest BCUT2D eigenvalue weighted by Gasteiger charge is -2.09. The number of ether oxygens (including phenoxy) is 1. The van der Waals surface area contributed by atoms with Crippen molar-refractivity contribution in [1.29, 1.82) is 0 Å². The molecule has 0 saturated carbocycles. The summed E-state index contributed by atoms with van der Waals surface area (Å²) >= 11 is 5.93. The average Bonchev–Trinajstić information content (AvgIpc) is 2.66. The molecular weight excluding hydrogens is 374 g/mol. The van der Waals surface area contributed by atoms with E-state index in [0.717, 1.165) is 5.69 Å². The second kappa shape index (κ2) is 9.54. The highest BCUT2D eigenvalue weighted by Gasteiger charge is 2.12. The third-order valence-corrected chi connectivity index (χ3v) is 3.97. The van der Waals surface area contributed by atoms with Crippen molar-refractivity contribution in [3.05, 3.63) is 63.2 Å². The van der Waals surface area contributed by atoms with Gasteiger partial charge in [-0.3, -0.25) is 14.9 Å². The number of nitrogens with zero attached hydrogens (tertiary/aromatic N) is 1. The van der Waals surface area contributed by atoms with Crippen LogP contribution in [0.1, 0.15) is 23.2 Å². The van der Waals surface area contributed by atoms with Crippen LogP contribution in [0.5, 0.6) is 0 Å². The van der Waals surface area contributed by atoms with Gasteiger partial charge in [0.1, 0.15) is 0 Å². The number of halogens is 1. The average molecular weight is 392 g/mol. The molecule has 0 atom stereocenters. The van der Waals surface area contributed by atoms with Crippen LogP contribution < -0.4 is 10.6 Å². The van der Waals surface area contributed by atoms with Gasteiger partial charge in [-0.25, -0.2) is 4.79 Å². The zero-order valence-corrected chi connectivity index (χ0v) is 15.3. The van der Waals surface area contributed by atoms with E-state index in [1.165, 1.54) is 31.4 Å². The van der Waals surface area contributed by atoms with Crippen molar-refractivity contribution in [2.24, 2.45) is 0 Å². The number of hydrogen-bond donors (Lipinski definition) is 2. The van der Waals surface area contributed by atoms with E-state index in [1.54, 1.807) is 18.2 Å². The molecule has 0 aliphatic heterocycles. The summed E-state index contributed by atoms with van der Waals surface area (Å²) in [6.45, 7) is 0.527. The molecule has 0 radical (unpaired) electrons. The van der Waals surface area contributed by atoms with Gasteiger partial charge < -0.3 is 15.4 Å². The molecule has 2 N–H and O–H groups in total. The summed E-state index contributed by atoms with van der Waals surface area (Å²) in [5, 5.41) is 16.6. The number of nitro benzene ring substituents is 1. The molecule has 1 amide bonds. The smallest absolute Gasteiger partial charge is 0.339 e. The Morgan fingerprint density at radius 3 is 2.44 bits per heavy atom. The van der Waals surface area contributed by atoms with Crippen molar-refractivity contribution in [3.63, 3.8) is 0 Å². The molecule has 9 heteroatoms. The van der Waals surface area contributed by atoms with E-state index in [-0.39, 0.29) is 28.6 Å². The van der Waals surface area contributed by atoms with Gasteiger partial charge in [-0.2, -0.15) is 0 Å². The van der Waals surface area contributed by atoms with Crippen LogP contribution in [0.25, 0.3) is 0 Å². The highest BCUT2D eigenvalue weighted by molar-refractivity contribution is 6.33. The van der Waals surface area contributed by atoms with Crippen LogP contribution in [0, 0.1) is 10.1 Å². The van der Waals surface area contributed by atoms with Gasteiger partial charge in [0.2, 0.25) is 5.91 Å². The molecule has 0 bridgehead atoms. The molecule has 2 aromatic rings. The largest absolute Gasteiger partial charge is 0.465 e. The predicted molar refractivity (Wildman–Crippen MR) is 102 cm³/mol. The van der Waals surface area contributed by atoms with Crippen LogP contribution >= 0.6 is 11.6 Å². The van der Waals surface area contributed by atoms with Crippen molar-refractivity contribution in [3.8, 4) is 0 Å². The van der Waals surface area contributed by atoms with Crippen LogP contribution in [0.4, 0.5) is 17.1 Å². The number of benzene rings is 2. The maximum Gasteiger partial charge on any atom is 0.339 e. The Kier molecular flexibility index (Phi) is 7.13. The molecule has 142 valence electrons. The van der Waals surface area contributed by atoms with Crippen LogP contribution in [-0.2, 0) is 9.53 Å². The fraction of sp³-hybridized carbons (Fsp3) is 0.222. The summed E-state index contributed by atoms with van der Waals surface area (Å²) in [6.07, 6.45) is 0.816. The Morgan fingerprint density at radius 1 is 1.15 bits per heavy atom. The Bertz CT molecular complexity index is 839. The van der Waals surface area contributed by atoms with E-state index >= 15 is 0 Å². The minimum absolute atomic E-state index is 0.0224. The number of methoxy groups -OCH3 is 1. The van der Waals surface area contributed by atoms with Gasteiger partial charge in [-0.15, -0.1) is 0 Å². The number of hydrogen-bond acceptors (Lipinski definition) is 6. The summed E-state index contributed by atoms with van der Waals surface area (Å²) in [5.41, 5.74) is 1.39. The lowest BCUT2D eigenvalue weighted by molar-refractivity contribution is -0.384.